The minimum atomic E-state index is 0.434. The first-order valence-corrected chi connectivity index (χ1v) is 7.04. The van der Waals surface area contributed by atoms with Gasteiger partial charge in [0, 0.05) is 11.1 Å². The Bertz CT molecular complexity index is 324. The summed E-state index contributed by atoms with van der Waals surface area (Å²) in [5.74, 6) is 0.739. The van der Waals surface area contributed by atoms with Crippen LogP contribution in [0.15, 0.2) is 24.3 Å². The molecule has 2 heteroatoms. The fraction of sp³-hybridized carbons (Fsp3) is 0.600. The number of hydrogen-bond acceptors (Lipinski definition) is 1. The van der Waals surface area contributed by atoms with E-state index in [1.165, 1.54) is 18.4 Å². The van der Waals surface area contributed by atoms with Crippen molar-refractivity contribution in [2.24, 2.45) is 5.92 Å². The van der Waals surface area contributed by atoms with Crippen LogP contribution in [0.3, 0.4) is 0 Å². The third-order valence-electron chi connectivity index (χ3n) is 3.23. The number of benzene rings is 1. The zero-order valence-corrected chi connectivity index (χ0v) is 11.9. The first-order valence-electron chi connectivity index (χ1n) is 6.66. The fourth-order valence-corrected chi connectivity index (χ4v) is 2.15. The van der Waals surface area contributed by atoms with Gasteiger partial charge in [-0.05, 0) is 43.0 Å². The third-order valence-corrected chi connectivity index (χ3v) is 3.46. The molecule has 0 aromatic heterocycles. The monoisotopic (exact) mass is 253 g/mol. The predicted octanol–water partition coefficient (Wildman–Crippen LogP) is 4.82. The molecule has 0 aliphatic carbocycles. The van der Waals surface area contributed by atoms with Crippen LogP contribution >= 0.6 is 11.6 Å². The van der Waals surface area contributed by atoms with Gasteiger partial charge in [-0.15, -0.1) is 0 Å². The van der Waals surface area contributed by atoms with E-state index in [2.05, 4.69) is 38.2 Å². The van der Waals surface area contributed by atoms with Gasteiger partial charge >= 0.3 is 0 Å². The summed E-state index contributed by atoms with van der Waals surface area (Å²) in [6.07, 6.45) is 3.57. The van der Waals surface area contributed by atoms with E-state index in [1.807, 2.05) is 12.1 Å². The summed E-state index contributed by atoms with van der Waals surface area (Å²) in [6, 6.07) is 8.66. The zero-order valence-electron chi connectivity index (χ0n) is 11.2. The smallest absolute Gasteiger partial charge is 0.0409 e. The molecular formula is C15H24ClN. The minimum absolute atomic E-state index is 0.434. The second-order valence-corrected chi connectivity index (χ2v) is 5.25. The Hall–Kier alpha value is -0.530. The summed E-state index contributed by atoms with van der Waals surface area (Å²) in [5, 5.41) is 4.45. The summed E-state index contributed by atoms with van der Waals surface area (Å²) in [4.78, 5) is 0. The van der Waals surface area contributed by atoms with Crippen molar-refractivity contribution in [3.63, 3.8) is 0 Å². The van der Waals surface area contributed by atoms with Crippen molar-refractivity contribution in [1.82, 2.24) is 5.32 Å². The quantitative estimate of drug-likeness (QED) is 0.735. The van der Waals surface area contributed by atoms with Crippen LogP contribution in [-0.2, 0) is 0 Å². The van der Waals surface area contributed by atoms with Gasteiger partial charge < -0.3 is 5.32 Å². The zero-order chi connectivity index (χ0) is 12.7. The minimum Gasteiger partial charge on any atom is -0.310 e. The molecule has 96 valence electrons. The van der Waals surface area contributed by atoms with Crippen molar-refractivity contribution >= 4 is 11.6 Å². The van der Waals surface area contributed by atoms with Crippen LogP contribution < -0.4 is 5.32 Å². The highest BCUT2D eigenvalue weighted by atomic mass is 35.5. The lowest BCUT2D eigenvalue weighted by Crippen LogP contribution is -2.23. The Labute approximate surface area is 111 Å². The molecule has 0 heterocycles. The van der Waals surface area contributed by atoms with Crippen molar-refractivity contribution in [3.05, 3.63) is 34.9 Å². The first-order chi connectivity index (χ1) is 8.17. The summed E-state index contributed by atoms with van der Waals surface area (Å²) in [7, 11) is 0. The van der Waals surface area contributed by atoms with Gasteiger partial charge in [0.25, 0.3) is 0 Å². The van der Waals surface area contributed by atoms with Gasteiger partial charge in [-0.25, -0.2) is 0 Å². The van der Waals surface area contributed by atoms with Gasteiger partial charge in [0.15, 0.2) is 0 Å². The molecule has 0 radical (unpaired) electrons. The molecule has 0 aliphatic rings. The van der Waals surface area contributed by atoms with Crippen LogP contribution in [0.2, 0.25) is 5.02 Å². The number of hydrogen-bond donors (Lipinski definition) is 1. The molecule has 17 heavy (non-hydrogen) atoms. The third kappa shape index (κ3) is 5.10. The molecule has 1 N–H and O–H groups in total. The molecule has 0 saturated heterocycles. The van der Waals surface area contributed by atoms with E-state index < -0.39 is 0 Å². The highest BCUT2D eigenvalue weighted by Crippen LogP contribution is 2.25. The van der Waals surface area contributed by atoms with Crippen molar-refractivity contribution in [1.29, 1.82) is 0 Å². The Morgan fingerprint density at radius 1 is 1.29 bits per heavy atom. The van der Waals surface area contributed by atoms with E-state index in [9.17, 15) is 0 Å². The van der Waals surface area contributed by atoms with Crippen LogP contribution in [0, 0.1) is 5.92 Å². The molecule has 0 bridgehead atoms. The molecule has 0 spiro atoms. The Morgan fingerprint density at radius 2 is 2.06 bits per heavy atom. The molecule has 0 aliphatic heterocycles. The molecule has 0 fully saturated rings. The first kappa shape index (κ1) is 14.5. The maximum Gasteiger partial charge on any atom is 0.0409 e. The number of rotatable bonds is 7. The SMILES string of the molecule is CCCNC(CC(C)CC)c1cccc(Cl)c1. The van der Waals surface area contributed by atoms with Gasteiger partial charge in [-0.2, -0.15) is 0 Å². The van der Waals surface area contributed by atoms with Crippen LogP contribution in [0.5, 0.6) is 0 Å². The van der Waals surface area contributed by atoms with E-state index in [0.29, 0.717) is 6.04 Å². The molecule has 1 rings (SSSR count). The normalized spacial score (nSPS) is 14.6. The lowest BCUT2D eigenvalue weighted by molar-refractivity contribution is 0.402. The van der Waals surface area contributed by atoms with Gasteiger partial charge in [0.2, 0.25) is 0 Å². The molecular weight excluding hydrogens is 230 g/mol. The fourth-order valence-electron chi connectivity index (χ4n) is 1.95. The number of halogens is 1. The lowest BCUT2D eigenvalue weighted by atomic mass is 9.94. The molecule has 0 saturated carbocycles. The largest absolute Gasteiger partial charge is 0.310 e. The van der Waals surface area contributed by atoms with Crippen molar-refractivity contribution in [2.75, 3.05) is 6.54 Å². The lowest BCUT2D eigenvalue weighted by Gasteiger charge is -2.22. The molecule has 1 aromatic rings. The topological polar surface area (TPSA) is 12.0 Å². The second kappa shape index (κ2) is 7.73. The van der Waals surface area contributed by atoms with E-state index in [-0.39, 0.29) is 0 Å². The Morgan fingerprint density at radius 3 is 2.65 bits per heavy atom. The van der Waals surface area contributed by atoms with Crippen LogP contribution in [0.4, 0.5) is 0 Å². The molecule has 1 nitrogen and oxygen atoms in total. The maximum absolute atomic E-state index is 6.07. The van der Waals surface area contributed by atoms with Gasteiger partial charge in [0.1, 0.15) is 0 Å². The molecule has 0 amide bonds. The van der Waals surface area contributed by atoms with E-state index in [1.54, 1.807) is 0 Å². The molecule has 2 atom stereocenters. The van der Waals surface area contributed by atoms with Gasteiger partial charge in [-0.1, -0.05) is 50.9 Å². The summed E-state index contributed by atoms with van der Waals surface area (Å²) < 4.78 is 0. The second-order valence-electron chi connectivity index (χ2n) is 4.81. The summed E-state index contributed by atoms with van der Waals surface area (Å²) in [6.45, 7) is 7.82. The molecule has 1 aromatic carbocycles. The predicted molar refractivity (Wildman–Crippen MR) is 76.6 cm³/mol. The van der Waals surface area contributed by atoms with Crippen molar-refractivity contribution < 1.29 is 0 Å². The van der Waals surface area contributed by atoms with Crippen LogP contribution in [0.25, 0.3) is 0 Å². The van der Waals surface area contributed by atoms with Crippen molar-refractivity contribution in [2.45, 2.75) is 46.1 Å². The number of nitrogens with one attached hydrogen (secondary N) is 1. The average Bonchev–Trinajstić information content (AvgIpc) is 2.34. The highest BCUT2D eigenvalue weighted by Gasteiger charge is 2.13. The van der Waals surface area contributed by atoms with E-state index >= 15 is 0 Å². The standard InChI is InChI=1S/C15H24ClN/c1-4-9-17-15(10-12(3)5-2)13-7-6-8-14(16)11-13/h6-8,11-12,15,17H,4-5,9-10H2,1-3H3. The van der Waals surface area contributed by atoms with Gasteiger partial charge in [0.05, 0.1) is 0 Å². The van der Waals surface area contributed by atoms with E-state index in [0.717, 1.165) is 23.9 Å². The van der Waals surface area contributed by atoms with Crippen molar-refractivity contribution in [3.8, 4) is 0 Å². The van der Waals surface area contributed by atoms with Crippen LogP contribution in [0.1, 0.15) is 51.6 Å². The Balaban J connectivity index is 2.74. The average molecular weight is 254 g/mol. The summed E-state index contributed by atoms with van der Waals surface area (Å²) in [5.41, 5.74) is 1.31. The Kier molecular flexibility index (Phi) is 6.61. The van der Waals surface area contributed by atoms with Crippen LogP contribution in [-0.4, -0.2) is 6.54 Å². The van der Waals surface area contributed by atoms with Gasteiger partial charge in [-0.3, -0.25) is 0 Å². The molecule has 2 unspecified atom stereocenters. The summed E-state index contributed by atoms with van der Waals surface area (Å²) >= 11 is 6.07. The highest BCUT2D eigenvalue weighted by molar-refractivity contribution is 6.30. The maximum atomic E-state index is 6.07. The van der Waals surface area contributed by atoms with E-state index in [4.69, 9.17) is 11.6 Å².